The first kappa shape index (κ1) is 24.7. The normalized spacial score (nSPS) is 12.5. The Labute approximate surface area is 209 Å². The van der Waals surface area contributed by atoms with Gasteiger partial charge in [-0.25, -0.2) is 0 Å². The van der Waals surface area contributed by atoms with Gasteiger partial charge in [-0.3, -0.25) is 9.20 Å². The van der Waals surface area contributed by atoms with Crippen molar-refractivity contribution in [2.75, 3.05) is 13.7 Å². The van der Waals surface area contributed by atoms with Gasteiger partial charge in [-0.2, -0.15) is 0 Å². The molecule has 4 aromatic rings. The smallest absolute Gasteiger partial charge is 0.240 e. The monoisotopic (exact) mass is 493 g/mol. The highest BCUT2D eigenvalue weighted by Crippen LogP contribution is 2.34. The molecular weight excluding hydrogens is 466 g/mol. The van der Waals surface area contributed by atoms with Crippen molar-refractivity contribution in [3.05, 3.63) is 83.3 Å². The average Bonchev–Trinajstić information content (AvgIpc) is 3.26. The number of ether oxygens (including phenoxy) is 2. The molecule has 2 aromatic heterocycles. The highest BCUT2D eigenvalue weighted by molar-refractivity contribution is 6.31. The van der Waals surface area contributed by atoms with Gasteiger partial charge < -0.3 is 20.5 Å². The number of hydrogen-bond donors (Lipinski definition) is 2. The molecule has 3 N–H and O–H groups in total. The average molecular weight is 494 g/mol. The quantitative estimate of drug-likeness (QED) is 0.362. The Morgan fingerprint density at radius 1 is 1.11 bits per heavy atom. The van der Waals surface area contributed by atoms with Crippen molar-refractivity contribution in [2.24, 2.45) is 5.73 Å². The maximum absolute atomic E-state index is 12.8. The van der Waals surface area contributed by atoms with Crippen LogP contribution in [0.25, 0.3) is 16.8 Å². The van der Waals surface area contributed by atoms with Crippen LogP contribution < -0.4 is 15.8 Å². The number of hydrogen-bond acceptors (Lipinski definition) is 6. The molecule has 182 valence electrons. The Morgan fingerprint density at radius 3 is 2.54 bits per heavy atom. The molecule has 2 aromatic carbocycles. The van der Waals surface area contributed by atoms with Gasteiger partial charge in [-0.15, -0.1) is 10.2 Å². The molecule has 0 unspecified atom stereocenters. The molecule has 4 rings (SSSR count). The topological polar surface area (TPSA) is 104 Å². The lowest BCUT2D eigenvalue weighted by Crippen LogP contribution is -2.50. The fourth-order valence-corrected chi connectivity index (χ4v) is 3.88. The third-order valence-corrected chi connectivity index (χ3v) is 5.70. The second-order valence-electron chi connectivity index (χ2n) is 8.77. The molecule has 9 heteroatoms. The van der Waals surface area contributed by atoms with E-state index in [1.807, 2.05) is 60.7 Å². The third-order valence-electron chi connectivity index (χ3n) is 5.49. The van der Waals surface area contributed by atoms with E-state index in [0.717, 1.165) is 16.7 Å². The summed E-state index contributed by atoms with van der Waals surface area (Å²) in [6.07, 6.45) is 1.72. The number of halogens is 1. The van der Waals surface area contributed by atoms with E-state index in [2.05, 4.69) is 15.5 Å². The lowest BCUT2D eigenvalue weighted by Gasteiger charge is -2.23. The number of fused-ring (bicyclic) bond motifs is 1. The first-order valence-corrected chi connectivity index (χ1v) is 11.5. The van der Waals surface area contributed by atoms with E-state index in [-0.39, 0.29) is 12.5 Å². The largest absolute Gasteiger partial charge is 0.496 e. The van der Waals surface area contributed by atoms with Crippen LogP contribution in [0.15, 0.2) is 66.9 Å². The summed E-state index contributed by atoms with van der Waals surface area (Å²) < 4.78 is 13.3. The minimum Gasteiger partial charge on any atom is -0.496 e. The van der Waals surface area contributed by atoms with Crippen LogP contribution in [0.1, 0.15) is 31.3 Å². The van der Waals surface area contributed by atoms with Crippen molar-refractivity contribution in [2.45, 2.75) is 32.0 Å². The van der Waals surface area contributed by atoms with E-state index in [1.54, 1.807) is 31.6 Å². The Balaban J connectivity index is 1.72. The molecule has 1 atom stereocenters. The standard InChI is InChI=1S/C26H28ClN5O3/c1-26(2,28)25(33)29-21(16-35-15-17-9-5-4-6-10-17)24-31-30-23-20(13-18(27)14-32(23)24)19-11-7-8-12-22(19)34-3/h4-14,21H,15-16,28H2,1-3H3,(H,29,33)/t21-/m1/s1. The van der Waals surface area contributed by atoms with Gasteiger partial charge >= 0.3 is 0 Å². The first-order chi connectivity index (χ1) is 16.8. The summed E-state index contributed by atoms with van der Waals surface area (Å²) in [7, 11) is 1.61. The van der Waals surface area contributed by atoms with Crippen LogP contribution in [0.4, 0.5) is 0 Å². The number of para-hydroxylation sites is 1. The van der Waals surface area contributed by atoms with Crippen LogP contribution in [0.5, 0.6) is 5.75 Å². The number of benzene rings is 2. The van der Waals surface area contributed by atoms with Crippen LogP contribution in [0, 0.1) is 0 Å². The highest BCUT2D eigenvalue weighted by Gasteiger charge is 2.28. The molecule has 0 fully saturated rings. The van der Waals surface area contributed by atoms with Crippen molar-refractivity contribution in [3.63, 3.8) is 0 Å². The molecule has 0 radical (unpaired) electrons. The van der Waals surface area contributed by atoms with Gasteiger partial charge in [-0.05, 0) is 31.5 Å². The summed E-state index contributed by atoms with van der Waals surface area (Å²) >= 11 is 6.51. The molecule has 0 aliphatic heterocycles. The van der Waals surface area contributed by atoms with Crippen molar-refractivity contribution in [1.82, 2.24) is 19.9 Å². The molecule has 0 saturated carbocycles. The predicted molar refractivity (Wildman–Crippen MR) is 135 cm³/mol. The molecule has 1 amide bonds. The van der Waals surface area contributed by atoms with Crippen LogP contribution in [0.2, 0.25) is 5.02 Å². The molecule has 0 saturated heterocycles. The zero-order valence-electron chi connectivity index (χ0n) is 19.9. The third kappa shape index (κ3) is 5.62. The molecule has 35 heavy (non-hydrogen) atoms. The van der Waals surface area contributed by atoms with Crippen molar-refractivity contribution in [3.8, 4) is 16.9 Å². The number of rotatable bonds is 9. The number of aromatic nitrogens is 3. The minimum absolute atomic E-state index is 0.161. The number of nitrogens with one attached hydrogen (secondary N) is 1. The van der Waals surface area contributed by atoms with E-state index < -0.39 is 11.6 Å². The molecule has 2 heterocycles. The number of nitrogens with zero attached hydrogens (tertiary/aromatic N) is 3. The SMILES string of the molecule is COc1ccccc1-c1cc(Cl)cn2c([C@@H](COCc3ccccc3)NC(=O)C(C)(C)N)nnc12. The zero-order chi connectivity index (χ0) is 25.0. The lowest BCUT2D eigenvalue weighted by atomic mass is 10.1. The van der Waals surface area contributed by atoms with E-state index in [4.69, 9.17) is 26.8 Å². The number of carbonyl (C=O) groups excluding carboxylic acids is 1. The van der Waals surface area contributed by atoms with Crippen LogP contribution in [0.3, 0.4) is 0 Å². The van der Waals surface area contributed by atoms with Gasteiger partial charge in [0.2, 0.25) is 5.91 Å². The van der Waals surface area contributed by atoms with Crippen molar-refractivity contribution < 1.29 is 14.3 Å². The fourth-order valence-electron chi connectivity index (χ4n) is 3.67. The minimum atomic E-state index is -1.08. The summed E-state index contributed by atoms with van der Waals surface area (Å²) in [6.45, 7) is 3.82. The number of methoxy groups -OCH3 is 1. The number of carbonyl (C=O) groups is 1. The highest BCUT2D eigenvalue weighted by atomic mass is 35.5. The second-order valence-corrected chi connectivity index (χ2v) is 9.21. The van der Waals surface area contributed by atoms with Gasteiger partial charge in [-0.1, -0.05) is 60.1 Å². The van der Waals surface area contributed by atoms with E-state index in [9.17, 15) is 4.79 Å². The Bertz CT molecular complexity index is 1320. The summed E-state index contributed by atoms with van der Waals surface area (Å²) in [4.78, 5) is 12.8. The number of nitrogens with two attached hydrogens (primary N) is 1. The summed E-state index contributed by atoms with van der Waals surface area (Å²) in [5.41, 5.74) is 8.12. The van der Waals surface area contributed by atoms with Gasteiger partial charge in [0, 0.05) is 17.3 Å². The molecule has 0 aliphatic rings. The molecule has 0 bridgehead atoms. The number of pyridine rings is 1. The maximum Gasteiger partial charge on any atom is 0.240 e. The van der Waals surface area contributed by atoms with Crippen LogP contribution in [-0.2, 0) is 16.1 Å². The molecule has 8 nitrogen and oxygen atoms in total. The van der Waals surface area contributed by atoms with Gasteiger partial charge in [0.15, 0.2) is 11.5 Å². The second kappa shape index (κ2) is 10.4. The first-order valence-electron chi connectivity index (χ1n) is 11.2. The predicted octanol–water partition coefficient (Wildman–Crippen LogP) is 4.17. The van der Waals surface area contributed by atoms with E-state index >= 15 is 0 Å². The van der Waals surface area contributed by atoms with Crippen LogP contribution >= 0.6 is 11.6 Å². The summed E-state index contributed by atoms with van der Waals surface area (Å²) in [6, 6.07) is 18.6. The number of amides is 1. The zero-order valence-corrected chi connectivity index (χ0v) is 20.6. The Hall–Kier alpha value is -3.46. The molecular formula is C26H28ClN5O3. The van der Waals surface area contributed by atoms with E-state index in [0.29, 0.717) is 28.9 Å². The fraction of sp³-hybridized carbons (Fsp3) is 0.269. The van der Waals surface area contributed by atoms with E-state index in [1.165, 1.54) is 0 Å². The Kier molecular flexibility index (Phi) is 7.35. The van der Waals surface area contributed by atoms with Crippen molar-refractivity contribution in [1.29, 1.82) is 0 Å². The molecule has 0 aliphatic carbocycles. The van der Waals surface area contributed by atoms with Gasteiger partial charge in [0.1, 0.15) is 11.8 Å². The van der Waals surface area contributed by atoms with Crippen molar-refractivity contribution >= 4 is 23.2 Å². The van der Waals surface area contributed by atoms with Crippen LogP contribution in [-0.4, -0.2) is 39.8 Å². The maximum atomic E-state index is 12.8. The lowest BCUT2D eigenvalue weighted by molar-refractivity contribution is -0.126. The Morgan fingerprint density at radius 2 is 1.83 bits per heavy atom. The van der Waals surface area contributed by atoms with Gasteiger partial charge in [0.05, 0.1) is 30.9 Å². The van der Waals surface area contributed by atoms with Gasteiger partial charge in [0.25, 0.3) is 0 Å². The molecule has 0 spiro atoms. The summed E-state index contributed by atoms with van der Waals surface area (Å²) in [5, 5.41) is 12.3. The summed E-state index contributed by atoms with van der Waals surface area (Å²) in [5.74, 6) is 0.820.